The van der Waals surface area contributed by atoms with E-state index in [1.807, 2.05) is 0 Å². The molecule has 540 valence electrons. The number of esters is 2. The number of alkyl halides is 27. The number of carbonyl (C=O) groups is 2. The topological polar surface area (TPSA) is 108 Å². The van der Waals surface area contributed by atoms with Gasteiger partial charge in [0, 0.05) is 24.8 Å². The highest BCUT2D eigenvalue weighted by atomic mass is 19.4. The van der Waals surface area contributed by atoms with E-state index in [1.165, 1.54) is 6.92 Å². The highest BCUT2D eigenvalue weighted by Gasteiger charge is 2.83. The Hall–Kier alpha value is -4.71. The number of hydrogen-bond donors (Lipinski definition) is 0. The molecule has 0 aliphatic carbocycles. The van der Waals surface area contributed by atoms with Gasteiger partial charge < -0.3 is 37.9 Å². The van der Waals surface area contributed by atoms with Gasteiger partial charge in [0.05, 0.1) is 65.0 Å². The van der Waals surface area contributed by atoms with E-state index in [2.05, 4.69) is 6.58 Å². The molecule has 1 aromatic carbocycles. The maximum absolute atomic E-state index is 14.0. The van der Waals surface area contributed by atoms with Crippen molar-refractivity contribution in [1.29, 1.82) is 0 Å². The third-order valence-electron chi connectivity index (χ3n) is 13.3. The zero-order valence-electron chi connectivity index (χ0n) is 49.3. The summed E-state index contributed by atoms with van der Waals surface area (Å²) >= 11 is 0. The highest BCUT2D eigenvalue weighted by Crippen LogP contribution is 2.57. The highest BCUT2D eigenvalue weighted by molar-refractivity contribution is 5.91. The van der Waals surface area contributed by atoms with Crippen LogP contribution in [0.5, 0.6) is 17.2 Å². The standard InChI is InChI=1S/C55H71F27O10/c1-37(2)42(83)91-33-31-86-29-27-85-28-30-87-32-34-92-43(84)38-35-39(88-24-18-12-6-3-9-15-21-44(56,57)47(62,63)50(68,69)53(74,75)76)41(90-26-20-14-8-5-11-17-23-46(60,61)49(66,67)52(72,73)55(80,81)82)40(36-38)89-25-19-13-7-4-10-16-22-45(58,59)48(64,65)51(70,71)54(77,78)79/h35-36H,1,3-34H2,2H3. The van der Waals surface area contributed by atoms with Crippen molar-refractivity contribution in [3.8, 4) is 17.2 Å². The first-order valence-corrected chi connectivity index (χ1v) is 28.5. The quantitative estimate of drug-likeness (QED) is 0.0271. The lowest BCUT2D eigenvalue weighted by Crippen LogP contribution is -2.60. The van der Waals surface area contributed by atoms with Gasteiger partial charge in [0.15, 0.2) is 11.5 Å². The van der Waals surface area contributed by atoms with Crippen molar-refractivity contribution < 1.29 is 166 Å². The predicted molar refractivity (Wildman–Crippen MR) is 271 cm³/mol. The van der Waals surface area contributed by atoms with Crippen LogP contribution in [0.2, 0.25) is 0 Å². The van der Waals surface area contributed by atoms with Crippen molar-refractivity contribution in [3.05, 3.63) is 29.8 Å². The van der Waals surface area contributed by atoms with Crippen LogP contribution in [0.4, 0.5) is 119 Å². The van der Waals surface area contributed by atoms with Gasteiger partial charge in [-0.2, -0.15) is 119 Å². The predicted octanol–water partition coefficient (Wildman–Crippen LogP) is 18.7. The largest absolute Gasteiger partial charge is 0.490 e. The van der Waals surface area contributed by atoms with E-state index in [-0.39, 0.29) is 197 Å². The summed E-state index contributed by atoms with van der Waals surface area (Å²) in [4.78, 5) is 24.8. The zero-order valence-corrected chi connectivity index (χ0v) is 49.3. The van der Waals surface area contributed by atoms with Crippen LogP contribution in [0.1, 0.15) is 152 Å². The van der Waals surface area contributed by atoms with Crippen molar-refractivity contribution in [2.45, 2.75) is 214 Å². The van der Waals surface area contributed by atoms with Crippen LogP contribution >= 0.6 is 0 Å². The molecule has 0 saturated heterocycles. The molecular weight excluding hydrogens is 1330 g/mol. The molecule has 0 aliphatic rings. The van der Waals surface area contributed by atoms with Crippen LogP contribution in [0.15, 0.2) is 24.3 Å². The van der Waals surface area contributed by atoms with E-state index in [0.717, 1.165) is 12.1 Å². The van der Waals surface area contributed by atoms with Crippen LogP contribution in [-0.4, -0.2) is 156 Å². The fourth-order valence-corrected chi connectivity index (χ4v) is 7.89. The van der Waals surface area contributed by atoms with E-state index < -0.39 is 122 Å². The molecule has 0 heterocycles. The molecule has 0 unspecified atom stereocenters. The molecule has 0 fully saturated rings. The Balaban J connectivity index is 3.24. The number of hydrogen-bond acceptors (Lipinski definition) is 10. The first-order valence-electron chi connectivity index (χ1n) is 28.5. The minimum atomic E-state index is -7.05. The SMILES string of the molecule is C=C(C)C(=O)OCCOCCOCCOCCOC(=O)c1cc(OCCCCCCCCC(F)(F)C(F)(F)C(F)(F)C(F)(F)F)c(OCCCCCCCCC(F)(F)C(F)(F)C(F)(F)C(F)(F)F)c(OCCCCCCCCC(F)(F)C(F)(F)C(F)(F)C(F)(F)F)c1. The second kappa shape index (κ2) is 37.0. The first-order chi connectivity index (χ1) is 42.1. The fraction of sp³-hybridized carbons (Fsp3) is 0.818. The van der Waals surface area contributed by atoms with Crippen LogP contribution in [-0.2, 0) is 28.5 Å². The molecule has 0 N–H and O–H groups in total. The van der Waals surface area contributed by atoms with Gasteiger partial charge in [0.25, 0.3) is 0 Å². The van der Waals surface area contributed by atoms with Crippen LogP contribution in [0.3, 0.4) is 0 Å². The molecule has 0 amide bonds. The summed E-state index contributed by atoms with van der Waals surface area (Å²) in [6.07, 6.45) is -29.8. The first kappa shape index (κ1) is 85.3. The number of halogens is 27. The summed E-state index contributed by atoms with van der Waals surface area (Å²) < 4.78 is 402. The molecule has 0 spiro atoms. The Kier molecular flexibility index (Phi) is 34.3. The van der Waals surface area contributed by atoms with E-state index in [0.29, 0.717) is 0 Å². The Morgan fingerprint density at radius 2 is 0.576 bits per heavy atom. The van der Waals surface area contributed by atoms with Gasteiger partial charge >= 0.3 is 83.8 Å². The number of benzene rings is 1. The summed E-state index contributed by atoms with van der Waals surface area (Å²) in [6, 6.07) is 2.22. The molecule has 0 saturated carbocycles. The van der Waals surface area contributed by atoms with Crippen molar-refractivity contribution in [3.63, 3.8) is 0 Å². The Morgan fingerprint density at radius 3 is 0.859 bits per heavy atom. The number of carbonyl (C=O) groups excluding carboxylic acids is 2. The Labute approximate surface area is 510 Å². The summed E-state index contributed by atoms with van der Waals surface area (Å²) in [5.74, 6) is -61.1. The minimum Gasteiger partial charge on any atom is -0.490 e. The van der Waals surface area contributed by atoms with E-state index in [9.17, 15) is 128 Å². The van der Waals surface area contributed by atoms with Crippen molar-refractivity contribution in [2.75, 3.05) is 72.7 Å². The molecule has 0 atom stereocenters. The molecule has 0 radical (unpaired) electrons. The second-order valence-electron chi connectivity index (χ2n) is 20.9. The normalized spacial score (nSPS) is 13.8. The van der Waals surface area contributed by atoms with Gasteiger partial charge in [-0.15, -0.1) is 0 Å². The molecule has 0 bridgehead atoms. The molecular formula is C55H71F27O10. The van der Waals surface area contributed by atoms with Crippen molar-refractivity contribution in [1.82, 2.24) is 0 Å². The van der Waals surface area contributed by atoms with Crippen LogP contribution in [0, 0.1) is 0 Å². The number of ether oxygens (including phenoxy) is 8. The van der Waals surface area contributed by atoms with Crippen molar-refractivity contribution >= 4 is 11.9 Å². The summed E-state index contributed by atoms with van der Waals surface area (Å²) in [5, 5.41) is 0. The van der Waals surface area contributed by atoms with E-state index in [4.69, 9.17) is 37.9 Å². The molecule has 37 heteroatoms. The average molecular weight is 1410 g/mol. The Bertz CT molecular complexity index is 2240. The third-order valence-corrected chi connectivity index (χ3v) is 13.3. The summed E-state index contributed by atoms with van der Waals surface area (Å²) in [7, 11) is 0. The lowest BCUT2D eigenvalue weighted by atomic mass is 9.98. The van der Waals surface area contributed by atoms with Gasteiger partial charge in [-0.05, 0) is 57.6 Å². The molecule has 0 aromatic heterocycles. The lowest BCUT2D eigenvalue weighted by molar-refractivity contribution is -0.396. The summed E-state index contributed by atoms with van der Waals surface area (Å²) in [5.41, 5.74) is -0.0836. The monoisotopic (exact) mass is 1400 g/mol. The average Bonchev–Trinajstić information content (AvgIpc) is 0.765. The third kappa shape index (κ3) is 25.1. The zero-order chi connectivity index (χ0) is 70.7. The maximum Gasteiger partial charge on any atom is 0.460 e. The van der Waals surface area contributed by atoms with Crippen LogP contribution in [0.25, 0.3) is 0 Å². The van der Waals surface area contributed by atoms with Gasteiger partial charge in [-0.25, -0.2) is 9.59 Å². The van der Waals surface area contributed by atoms with Gasteiger partial charge in [0.1, 0.15) is 13.2 Å². The number of unbranched alkanes of at least 4 members (excludes halogenated alkanes) is 15. The second-order valence-corrected chi connectivity index (χ2v) is 20.9. The molecule has 92 heavy (non-hydrogen) atoms. The smallest absolute Gasteiger partial charge is 0.460 e. The molecule has 0 aliphatic heterocycles. The van der Waals surface area contributed by atoms with Gasteiger partial charge in [0.2, 0.25) is 5.75 Å². The van der Waals surface area contributed by atoms with E-state index in [1.54, 1.807) is 0 Å². The minimum absolute atomic E-state index is 0.00225. The maximum atomic E-state index is 14.0. The fourth-order valence-electron chi connectivity index (χ4n) is 7.89. The number of rotatable bonds is 50. The Morgan fingerprint density at radius 1 is 0.326 bits per heavy atom. The van der Waals surface area contributed by atoms with Gasteiger partial charge in [-0.3, -0.25) is 0 Å². The lowest BCUT2D eigenvalue weighted by Gasteiger charge is -2.33. The van der Waals surface area contributed by atoms with Gasteiger partial charge in [-0.1, -0.05) is 83.6 Å². The molecule has 10 nitrogen and oxygen atoms in total. The summed E-state index contributed by atoms with van der Waals surface area (Å²) in [6.45, 7) is 3.83. The molecule has 1 aromatic rings. The van der Waals surface area contributed by atoms with Crippen LogP contribution < -0.4 is 14.2 Å². The van der Waals surface area contributed by atoms with Crippen molar-refractivity contribution in [2.24, 2.45) is 0 Å². The molecule has 1 rings (SSSR count). The van der Waals surface area contributed by atoms with E-state index >= 15 is 0 Å².